The summed E-state index contributed by atoms with van der Waals surface area (Å²) in [7, 11) is 0. The summed E-state index contributed by atoms with van der Waals surface area (Å²) in [5.74, 6) is 8.72. The molecule has 0 aromatic heterocycles. The van der Waals surface area contributed by atoms with Crippen LogP contribution in [-0.4, -0.2) is 48.1 Å². The third kappa shape index (κ3) is 9.83. The number of hydrogen-bond donors (Lipinski definition) is 0. The summed E-state index contributed by atoms with van der Waals surface area (Å²) in [6, 6.07) is 1.67. The van der Waals surface area contributed by atoms with E-state index in [2.05, 4.69) is 77.3 Å². The SMILES string of the molecule is CCN(CC)C1CCC(/C(=C/C2CCC(/C=C(\C3CCC(N(CC)CC)CC3)C3CCC(C)CC3C)CC2)C2CCC(C)CC2C)CC1. The topological polar surface area (TPSA) is 6.48 Å². The van der Waals surface area contributed by atoms with Crippen LogP contribution in [0.5, 0.6) is 0 Å². The van der Waals surface area contributed by atoms with Gasteiger partial charge in [-0.25, -0.2) is 0 Å². The molecule has 6 unspecified atom stereocenters. The van der Waals surface area contributed by atoms with Crippen LogP contribution >= 0.6 is 0 Å². The van der Waals surface area contributed by atoms with Gasteiger partial charge in [0.05, 0.1) is 0 Å². The Labute approximate surface area is 300 Å². The number of allylic oxidation sites excluding steroid dienone is 4. The number of rotatable bonds is 12. The van der Waals surface area contributed by atoms with Crippen LogP contribution < -0.4 is 0 Å². The van der Waals surface area contributed by atoms with Crippen LogP contribution in [0.15, 0.2) is 23.3 Å². The number of nitrogens with zero attached hydrogens (tertiary/aromatic N) is 2. The summed E-state index contributed by atoms with van der Waals surface area (Å²) in [5.41, 5.74) is 3.92. The summed E-state index contributed by atoms with van der Waals surface area (Å²) >= 11 is 0. The molecule has 0 radical (unpaired) electrons. The summed E-state index contributed by atoms with van der Waals surface area (Å²) < 4.78 is 0. The largest absolute Gasteiger partial charge is 0.301 e. The fourth-order valence-corrected chi connectivity index (χ4v) is 12.5. The normalized spacial score (nSPS) is 40.8. The van der Waals surface area contributed by atoms with Gasteiger partial charge in [-0.3, -0.25) is 0 Å². The maximum atomic E-state index is 2.96. The highest BCUT2D eigenvalue weighted by molar-refractivity contribution is 5.19. The molecule has 0 saturated heterocycles. The second kappa shape index (κ2) is 18.8. The van der Waals surface area contributed by atoms with Gasteiger partial charge in [0.15, 0.2) is 0 Å². The van der Waals surface area contributed by atoms with E-state index in [1.165, 1.54) is 142 Å². The molecule has 0 N–H and O–H groups in total. The molecule has 0 heterocycles. The van der Waals surface area contributed by atoms with Crippen LogP contribution in [0, 0.1) is 59.2 Å². The predicted molar refractivity (Wildman–Crippen MR) is 210 cm³/mol. The van der Waals surface area contributed by atoms with Crippen molar-refractivity contribution in [1.29, 1.82) is 0 Å². The Morgan fingerprint density at radius 1 is 0.438 bits per heavy atom. The average molecular weight is 663 g/mol. The molecule has 0 bridgehead atoms. The van der Waals surface area contributed by atoms with E-state index >= 15 is 0 Å². The smallest absolute Gasteiger partial charge is 0.00954 e. The Morgan fingerprint density at radius 3 is 1.06 bits per heavy atom. The van der Waals surface area contributed by atoms with Crippen molar-refractivity contribution in [3.05, 3.63) is 23.3 Å². The van der Waals surface area contributed by atoms with Crippen molar-refractivity contribution in [3.8, 4) is 0 Å². The van der Waals surface area contributed by atoms with Crippen LogP contribution in [0.4, 0.5) is 0 Å². The monoisotopic (exact) mass is 663 g/mol. The lowest BCUT2D eigenvalue weighted by atomic mass is 9.65. The third-order valence-corrected chi connectivity index (χ3v) is 15.4. The highest BCUT2D eigenvalue weighted by Crippen LogP contribution is 2.48. The molecular weight excluding hydrogens is 581 g/mol. The lowest BCUT2D eigenvalue weighted by Crippen LogP contribution is -2.39. The van der Waals surface area contributed by atoms with Crippen molar-refractivity contribution < 1.29 is 0 Å². The Bertz CT molecular complexity index is 900. The van der Waals surface area contributed by atoms with E-state index in [1.807, 2.05) is 11.1 Å². The van der Waals surface area contributed by atoms with Crippen LogP contribution in [0.2, 0.25) is 0 Å². The minimum Gasteiger partial charge on any atom is -0.301 e. The molecule has 5 aliphatic carbocycles. The van der Waals surface area contributed by atoms with Crippen LogP contribution in [0.1, 0.15) is 171 Å². The fraction of sp³-hybridized carbons (Fsp3) is 0.913. The Hall–Kier alpha value is -0.600. The molecule has 0 aliphatic heterocycles. The van der Waals surface area contributed by atoms with E-state index in [0.29, 0.717) is 0 Å². The van der Waals surface area contributed by atoms with Crippen LogP contribution in [0.25, 0.3) is 0 Å². The van der Waals surface area contributed by atoms with Gasteiger partial charge in [-0.1, -0.05) is 91.5 Å². The van der Waals surface area contributed by atoms with Gasteiger partial charge in [0.25, 0.3) is 0 Å². The molecule has 5 fully saturated rings. The van der Waals surface area contributed by atoms with E-state index in [1.54, 1.807) is 0 Å². The summed E-state index contributed by atoms with van der Waals surface area (Å²) in [6.07, 6.45) is 31.9. The third-order valence-electron chi connectivity index (χ3n) is 15.4. The minimum absolute atomic E-state index is 0.833. The van der Waals surface area contributed by atoms with Crippen molar-refractivity contribution in [1.82, 2.24) is 9.80 Å². The quantitative estimate of drug-likeness (QED) is 0.192. The molecule has 6 atom stereocenters. The molecule has 0 spiro atoms. The zero-order chi connectivity index (χ0) is 34.2. The van der Waals surface area contributed by atoms with E-state index in [4.69, 9.17) is 0 Å². The number of hydrogen-bond acceptors (Lipinski definition) is 2. The van der Waals surface area contributed by atoms with Gasteiger partial charge in [0, 0.05) is 12.1 Å². The van der Waals surface area contributed by atoms with Crippen molar-refractivity contribution in [2.24, 2.45) is 59.2 Å². The van der Waals surface area contributed by atoms with Gasteiger partial charge >= 0.3 is 0 Å². The molecular formula is C46H82N2. The van der Waals surface area contributed by atoms with Gasteiger partial charge in [-0.15, -0.1) is 0 Å². The summed E-state index contributed by atoms with van der Waals surface area (Å²) in [6.45, 7) is 24.6. The van der Waals surface area contributed by atoms with E-state index < -0.39 is 0 Å². The average Bonchev–Trinajstić information content (AvgIpc) is 3.09. The van der Waals surface area contributed by atoms with E-state index in [0.717, 1.165) is 71.3 Å². The zero-order valence-corrected chi connectivity index (χ0v) is 33.5. The van der Waals surface area contributed by atoms with Gasteiger partial charge in [0.1, 0.15) is 0 Å². The fourth-order valence-electron chi connectivity index (χ4n) is 12.5. The van der Waals surface area contributed by atoms with Gasteiger partial charge in [0.2, 0.25) is 0 Å². The first-order chi connectivity index (χ1) is 23.2. The molecule has 0 amide bonds. The second-order valence-corrected chi connectivity index (χ2v) is 18.5. The molecule has 5 saturated carbocycles. The van der Waals surface area contributed by atoms with Crippen LogP contribution in [0.3, 0.4) is 0 Å². The molecule has 2 heteroatoms. The minimum atomic E-state index is 0.833. The van der Waals surface area contributed by atoms with Gasteiger partial charge in [-0.2, -0.15) is 0 Å². The van der Waals surface area contributed by atoms with Crippen molar-refractivity contribution in [3.63, 3.8) is 0 Å². The summed E-state index contributed by atoms with van der Waals surface area (Å²) in [5, 5.41) is 0. The maximum absolute atomic E-state index is 2.96. The Balaban J connectivity index is 1.28. The van der Waals surface area contributed by atoms with Gasteiger partial charge in [-0.05, 0) is 188 Å². The predicted octanol–water partition coefficient (Wildman–Crippen LogP) is 12.6. The molecule has 2 nitrogen and oxygen atoms in total. The first kappa shape index (κ1) is 38.6. The van der Waals surface area contributed by atoms with Crippen molar-refractivity contribution in [2.75, 3.05) is 26.2 Å². The lowest BCUT2D eigenvalue weighted by Gasteiger charge is -2.42. The van der Waals surface area contributed by atoms with Gasteiger partial charge < -0.3 is 9.80 Å². The standard InChI is InChI=1S/C46H82N2/c1-9-47(10-2)41-23-19-39(20-24-41)45(43-27-13-33(5)29-35(43)7)31-37-15-17-38(18-16-37)32-46(44-28-14-34(6)30-36(44)8)40-21-25-42(26-22-40)48(11-3)12-4/h31-44H,9-30H2,1-8H3/b45-31-,46-32+. The molecule has 0 aromatic carbocycles. The Morgan fingerprint density at radius 2 is 0.771 bits per heavy atom. The zero-order valence-electron chi connectivity index (χ0n) is 33.5. The highest BCUT2D eigenvalue weighted by atomic mass is 15.1. The highest BCUT2D eigenvalue weighted by Gasteiger charge is 2.37. The first-order valence-corrected chi connectivity index (χ1v) is 22.1. The Kier molecular flexibility index (Phi) is 15.1. The van der Waals surface area contributed by atoms with E-state index in [-0.39, 0.29) is 0 Å². The molecule has 5 aliphatic rings. The van der Waals surface area contributed by atoms with Crippen LogP contribution in [-0.2, 0) is 0 Å². The molecule has 5 rings (SSSR count). The molecule has 276 valence electrons. The molecule has 0 aromatic rings. The van der Waals surface area contributed by atoms with E-state index in [9.17, 15) is 0 Å². The summed E-state index contributed by atoms with van der Waals surface area (Å²) in [4.78, 5) is 5.50. The second-order valence-electron chi connectivity index (χ2n) is 18.5. The first-order valence-electron chi connectivity index (χ1n) is 22.1. The van der Waals surface area contributed by atoms with Crippen molar-refractivity contribution in [2.45, 2.75) is 183 Å². The lowest BCUT2D eigenvalue weighted by molar-refractivity contribution is 0.145. The molecule has 48 heavy (non-hydrogen) atoms. The maximum Gasteiger partial charge on any atom is 0.00954 e. The van der Waals surface area contributed by atoms with Crippen molar-refractivity contribution >= 4 is 0 Å².